The third-order valence-electron chi connectivity index (χ3n) is 2.68. The van der Waals surface area contributed by atoms with Gasteiger partial charge in [-0.05, 0) is 65.7 Å². The Morgan fingerprint density at radius 1 is 1.11 bits per heavy atom. The molecule has 1 amide bonds. The Morgan fingerprint density at radius 2 is 1.79 bits per heavy atom. The van der Waals surface area contributed by atoms with Gasteiger partial charge in [-0.2, -0.15) is 0 Å². The van der Waals surface area contributed by atoms with Crippen molar-refractivity contribution in [2.45, 2.75) is 13.8 Å². The highest BCUT2D eigenvalue weighted by molar-refractivity contribution is 9.10. The van der Waals surface area contributed by atoms with Crippen molar-refractivity contribution in [2.75, 3.05) is 5.32 Å². The van der Waals surface area contributed by atoms with E-state index in [2.05, 4.69) is 42.2 Å². The lowest BCUT2D eigenvalue weighted by molar-refractivity contribution is 0.102. The predicted molar refractivity (Wildman–Crippen MR) is 83.5 cm³/mol. The SMILES string of the molecule is Cc1cc(C(=O)Nc2ccc(Br)c(C)n2)ccc1Br. The Morgan fingerprint density at radius 3 is 2.42 bits per heavy atom. The standard InChI is InChI=1S/C14H12Br2N2O/c1-8-7-10(3-4-11(8)15)14(19)18-13-6-5-12(16)9(2)17-13/h3-7H,1-2H3,(H,17,18,19). The number of halogens is 2. The van der Waals surface area contributed by atoms with Crippen molar-refractivity contribution in [1.82, 2.24) is 4.98 Å². The van der Waals surface area contributed by atoms with Gasteiger partial charge in [0.05, 0.1) is 5.69 Å². The van der Waals surface area contributed by atoms with Crippen molar-refractivity contribution in [3.05, 3.63) is 56.1 Å². The smallest absolute Gasteiger partial charge is 0.256 e. The predicted octanol–water partition coefficient (Wildman–Crippen LogP) is 4.48. The van der Waals surface area contributed by atoms with E-state index in [9.17, 15) is 4.79 Å². The monoisotopic (exact) mass is 382 g/mol. The Bertz CT molecular complexity index is 641. The summed E-state index contributed by atoms with van der Waals surface area (Å²) in [5.74, 6) is 0.385. The van der Waals surface area contributed by atoms with E-state index in [1.165, 1.54) is 0 Å². The molecule has 1 N–H and O–H groups in total. The minimum Gasteiger partial charge on any atom is -0.307 e. The number of pyridine rings is 1. The van der Waals surface area contributed by atoms with Gasteiger partial charge in [-0.25, -0.2) is 4.98 Å². The van der Waals surface area contributed by atoms with E-state index in [0.29, 0.717) is 11.4 Å². The minimum atomic E-state index is -0.162. The van der Waals surface area contributed by atoms with E-state index in [0.717, 1.165) is 20.2 Å². The number of hydrogen-bond acceptors (Lipinski definition) is 2. The fraction of sp³-hybridized carbons (Fsp3) is 0.143. The highest BCUT2D eigenvalue weighted by Gasteiger charge is 2.08. The van der Waals surface area contributed by atoms with Crippen LogP contribution in [0.3, 0.4) is 0 Å². The summed E-state index contributed by atoms with van der Waals surface area (Å²) in [5, 5.41) is 2.79. The van der Waals surface area contributed by atoms with Crippen LogP contribution in [0.4, 0.5) is 5.82 Å². The van der Waals surface area contributed by atoms with Gasteiger partial charge in [0.15, 0.2) is 0 Å². The van der Waals surface area contributed by atoms with Crippen LogP contribution in [0, 0.1) is 13.8 Å². The first-order valence-corrected chi connectivity index (χ1v) is 7.26. The zero-order chi connectivity index (χ0) is 14.0. The quantitative estimate of drug-likeness (QED) is 0.830. The molecule has 0 fully saturated rings. The van der Waals surface area contributed by atoms with E-state index < -0.39 is 0 Å². The van der Waals surface area contributed by atoms with Crippen molar-refractivity contribution in [2.24, 2.45) is 0 Å². The molecule has 0 aliphatic rings. The molecule has 98 valence electrons. The van der Waals surface area contributed by atoms with Crippen molar-refractivity contribution in [3.8, 4) is 0 Å². The number of aryl methyl sites for hydroxylation is 2. The molecule has 0 aliphatic carbocycles. The van der Waals surface area contributed by atoms with Gasteiger partial charge in [0, 0.05) is 14.5 Å². The number of rotatable bonds is 2. The van der Waals surface area contributed by atoms with Gasteiger partial charge < -0.3 is 5.32 Å². The van der Waals surface area contributed by atoms with Crippen molar-refractivity contribution >= 4 is 43.6 Å². The van der Waals surface area contributed by atoms with Gasteiger partial charge in [0.1, 0.15) is 5.82 Å². The molecule has 0 spiro atoms. The third-order valence-corrected chi connectivity index (χ3v) is 4.41. The Kier molecular flexibility index (Phi) is 4.37. The van der Waals surface area contributed by atoms with Crippen LogP contribution in [0.5, 0.6) is 0 Å². The average molecular weight is 384 g/mol. The second kappa shape index (κ2) is 5.84. The lowest BCUT2D eigenvalue weighted by atomic mass is 10.1. The maximum absolute atomic E-state index is 12.1. The van der Waals surface area contributed by atoms with E-state index in [4.69, 9.17) is 0 Å². The molecule has 0 saturated heterocycles. The molecule has 2 rings (SSSR count). The summed E-state index contributed by atoms with van der Waals surface area (Å²) in [5.41, 5.74) is 2.47. The highest BCUT2D eigenvalue weighted by Crippen LogP contribution is 2.19. The number of nitrogens with one attached hydrogen (secondary N) is 1. The minimum absolute atomic E-state index is 0.162. The number of hydrogen-bond donors (Lipinski definition) is 1. The van der Waals surface area contributed by atoms with E-state index in [1.54, 1.807) is 12.1 Å². The molecule has 5 heteroatoms. The summed E-state index contributed by atoms with van der Waals surface area (Å²) in [4.78, 5) is 16.4. The van der Waals surface area contributed by atoms with Crippen LogP contribution in [0.25, 0.3) is 0 Å². The summed E-state index contributed by atoms with van der Waals surface area (Å²) >= 11 is 6.79. The van der Waals surface area contributed by atoms with Gasteiger partial charge >= 0.3 is 0 Å². The van der Waals surface area contributed by atoms with E-state index >= 15 is 0 Å². The number of benzene rings is 1. The summed E-state index contributed by atoms with van der Waals surface area (Å²) in [6, 6.07) is 9.11. The van der Waals surface area contributed by atoms with Gasteiger partial charge in [-0.1, -0.05) is 15.9 Å². The number of carbonyl (C=O) groups excluding carboxylic acids is 1. The number of nitrogens with zero attached hydrogens (tertiary/aromatic N) is 1. The average Bonchev–Trinajstić information content (AvgIpc) is 2.37. The Hall–Kier alpha value is -1.20. The van der Waals surface area contributed by atoms with Crippen molar-refractivity contribution in [1.29, 1.82) is 0 Å². The molecule has 19 heavy (non-hydrogen) atoms. The zero-order valence-electron chi connectivity index (χ0n) is 10.5. The molecule has 0 saturated carbocycles. The van der Waals surface area contributed by atoms with Crippen LogP contribution in [0.1, 0.15) is 21.6 Å². The molecular weight excluding hydrogens is 372 g/mol. The largest absolute Gasteiger partial charge is 0.307 e. The molecule has 2 aromatic rings. The first-order valence-electron chi connectivity index (χ1n) is 5.68. The number of anilines is 1. The number of amides is 1. The van der Waals surface area contributed by atoms with Crippen LogP contribution < -0.4 is 5.32 Å². The second-order valence-electron chi connectivity index (χ2n) is 4.18. The van der Waals surface area contributed by atoms with Gasteiger partial charge in [0.2, 0.25) is 0 Å². The third kappa shape index (κ3) is 3.42. The van der Waals surface area contributed by atoms with Gasteiger partial charge in [0.25, 0.3) is 5.91 Å². The maximum atomic E-state index is 12.1. The van der Waals surface area contributed by atoms with E-state index in [1.807, 2.05) is 32.0 Å². The summed E-state index contributed by atoms with van der Waals surface area (Å²) < 4.78 is 1.91. The highest BCUT2D eigenvalue weighted by atomic mass is 79.9. The van der Waals surface area contributed by atoms with Gasteiger partial charge in [-0.3, -0.25) is 4.79 Å². The first kappa shape index (κ1) is 14.2. The molecule has 3 nitrogen and oxygen atoms in total. The number of carbonyl (C=O) groups is 1. The second-order valence-corrected chi connectivity index (χ2v) is 5.89. The fourth-order valence-corrected chi connectivity index (χ4v) is 2.06. The molecule has 0 bridgehead atoms. The van der Waals surface area contributed by atoms with Crippen LogP contribution in [-0.4, -0.2) is 10.9 Å². The molecular formula is C14H12Br2N2O. The summed E-state index contributed by atoms with van der Waals surface area (Å²) in [6.07, 6.45) is 0. The molecule has 0 atom stereocenters. The van der Waals surface area contributed by atoms with Crippen LogP contribution >= 0.6 is 31.9 Å². The molecule has 0 unspecified atom stereocenters. The topological polar surface area (TPSA) is 42.0 Å². The van der Waals surface area contributed by atoms with Crippen molar-refractivity contribution in [3.63, 3.8) is 0 Å². The molecule has 1 aromatic carbocycles. The molecule has 0 aliphatic heterocycles. The summed E-state index contributed by atoms with van der Waals surface area (Å²) in [6.45, 7) is 3.83. The lowest BCUT2D eigenvalue weighted by Crippen LogP contribution is -2.13. The summed E-state index contributed by atoms with van der Waals surface area (Å²) in [7, 11) is 0. The van der Waals surface area contributed by atoms with Gasteiger partial charge in [-0.15, -0.1) is 0 Å². The van der Waals surface area contributed by atoms with Crippen LogP contribution in [-0.2, 0) is 0 Å². The maximum Gasteiger partial charge on any atom is 0.256 e. The molecule has 0 radical (unpaired) electrons. The Labute approximate surface area is 128 Å². The first-order chi connectivity index (χ1) is 8.97. The van der Waals surface area contributed by atoms with Crippen LogP contribution in [0.2, 0.25) is 0 Å². The van der Waals surface area contributed by atoms with Crippen molar-refractivity contribution < 1.29 is 4.79 Å². The van der Waals surface area contributed by atoms with Crippen LogP contribution in [0.15, 0.2) is 39.3 Å². The molecule has 1 heterocycles. The van der Waals surface area contributed by atoms with E-state index in [-0.39, 0.29) is 5.91 Å². The fourth-order valence-electron chi connectivity index (χ4n) is 1.59. The number of aromatic nitrogens is 1. The zero-order valence-corrected chi connectivity index (χ0v) is 13.7. The lowest BCUT2D eigenvalue weighted by Gasteiger charge is -2.07. The molecule has 1 aromatic heterocycles. The normalized spacial score (nSPS) is 10.3. The Balaban J connectivity index is 2.20.